The molecule has 1 atom stereocenters. The van der Waals surface area contributed by atoms with Gasteiger partial charge in [0.25, 0.3) is 0 Å². The summed E-state index contributed by atoms with van der Waals surface area (Å²) in [6, 6.07) is 0.859. The van der Waals surface area contributed by atoms with E-state index in [-0.39, 0.29) is 10.0 Å². The van der Waals surface area contributed by atoms with Gasteiger partial charge in [0.1, 0.15) is 0 Å². The summed E-state index contributed by atoms with van der Waals surface area (Å²) in [5.41, 5.74) is 0. The summed E-state index contributed by atoms with van der Waals surface area (Å²) in [7, 11) is -9.17. The van der Waals surface area contributed by atoms with Crippen LogP contribution in [0.4, 0.5) is 0 Å². The van der Waals surface area contributed by atoms with Gasteiger partial charge in [-0.05, 0) is 58.3 Å². The van der Waals surface area contributed by atoms with Crippen LogP contribution in [0.15, 0.2) is 0 Å². The van der Waals surface area contributed by atoms with E-state index in [9.17, 15) is 0 Å². The number of halogens is 1. The summed E-state index contributed by atoms with van der Waals surface area (Å²) in [6.45, 7) is 14.4. The van der Waals surface area contributed by atoms with Crippen molar-refractivity contribution < 1.29 is 20.6 Å². The Morgan fingerprint density at radius 3 is 1.86 bits per heavy atom. The molecule has 0 N–H and O–H groups in total. The number of hydrogen-bond acceptors (Lipinski definition) is 5. The molecule has 1 saturated heterocycles. The minimum Gasteiger partial charge on any atom is -0.416 e. The molecule has 0 saturated carbocycles. The second-order valence-corrected chi connectivity index (χ2v) is 22.5. The third-order valence-electron chi connectivity index (χ3n) is 2.75. The number of alkyl halides is 1. The molecule has 0 spiro atoms. The van der Waals surface area contributed by atoms with Crippen molar-refractivity contribution in [3.8, 4) is 0 Å². The molecule has 2 radical (unpaired) electrons. The van der Waals surface area contributed by atoms with Gasteiger partial charge in [-0.15, -0.1) is 11.6 Å². The van der Waals surface area contributed by atoms with E-state index in [1.54, 1.807) is 0 Å². The van der Waals surface area contributed by atoms with Gasteiger partial charge in [0, 0.05) is 5.88 Å². The van der Waals surface area contributed by atoms with Crippen LogP contribution in [-0.2, 0) is 20.6 Å². The van der Waals surface area contributed by atoms with Crippen molar-refractivity contribution in [3.63, 3.8) is 0 Å². The van der Waals surface area contributed by atoms with Crippen molar-refractivity contribution in [2.45, 2.75) is 58.3 Å². The lowest BCUT2D eigenvalue weighted by atomic mass is 10.6. The summed E-state index contributed by atoms with van der Waals surface area (Å²) in [5, 5.41) is 0. The summed E-state index contributed by atoms with van der Waals surface area (Å²) in [6.07, 6.45) is 0.886. The van der Waals surface area contributed by atoms with Gasteiger partial charge >= 0.3 is 44.3 Å². The molecular formula is C10H27ClO5Si5. The predicted octanol–water partition coefficient (Wildman–Crippen LogP) is 3.42. The fourth-order valence-electron chi connectivity index (χ4n) is 2.49. The van der Waals surface area contributed by atoms with Gasteiger partial charge in [0.2, 0.25) is 0 Å². The molecule has 21 heavy (non-hydrogen) atoms. The third-order valence-corrected chi connectivity index (χ3v) is 20.2. The largest absolute Gasteiger partial charge is 0.416 e. The fraction of sp³-hybridized carbons (Fsp3) is 1.00. The first-order valence-electron chi connectivity index (χ1n) is 7.16. The first kappa shape index (κ1) is 20.2. The first-order chi connectivity index (χ1) is 9.39. The highest BCUT2D eigenvalue weighted by Gasteiger charge is 2.47. The standard InChI is InChI=1S/C10H27ClO5Si5/c1-18(2)12-17-13-21(7,10-8-9-11)16-20(5,6)15-19(3,4)14-18/h8-10H2,1-7H3. The summed E-state index contributed by atoms with van der Waals surface area (Å²) in [5.74, 6) is 0.617. The van der Waals surface area contributed by atoms with Crippen molar-refractivity contribution in [3.05, 3.63) is 0 Å². The van der Waals surface area contributed by atoms with Gasteiger partial charge < -0.3 is 20.6 Å². The molecule has 1 fully saturated rings. The van der Waals surface area contributed by atoms with Crippen molar-refractivity contribution in [2.75, 3.05) is 5.88 Å². The second kappa shape index (κ2) is 7.38. The third kappa shape index (κ3) is 7.52. The van der Waals surface area contributed by atoms with E-state index in [1.807, 2.05) is 13.1 Å². The zero-order valence-electron chi connectivity index (χ0n) is 14.0. The molecule has 11 heteroatoms. The average molecular weight is 403 g/mol. The van der Waals surface area contributed by atoms with Gasteiger partial charge in [-0.3, -0.25) is 0 Å². The van der Waals surface area contributed by atoms with Crippen LogP contribution < -0.4 is 0 Å². The van der Waals surface area contributed by atoms with Gasteiger partial charge in [0.05, 0.1) is 0 Å². The molecule has 0 aromatic carbocycles. The first-order valence-corrected chi connectivity index (χ1v) is 19.5. The van der Waals surface area contributed by atoms with E-state index in [2.05, 4.69) is 32.7 Å². The Hall–Kier alpha value is 1.17. The van der Waals surface area contributed by atoms with Crippen molar-refractivity contribution in [1.29, 1.82) is 0 Å². The Bertz CT molecular complexity index is 357. The Morgan fingerprint density at radius 1 is 0.762 bits per heavy atom. The molecule has 1 rings (SSSR count). The molecule has 1 aliphatic heterocycles. The molecule has 0 bridgehead atoms. The lowest BCUT2D eigenvalue weighted by molar-refractivity contribution is 0.253. The minimum atomic E-state index is -2.33. The molecule has 0 amide bonds. The maximum absolute atomic E-state index is 6.38. The highest BCUT2D eigenvalue weighted by molar-refractivity contribution is 6.89. The summed E-state index contributed by atoms with van der Waals surface area (Å²) < 4.78 is 30.8. The highest BCUT2D eigenvalue weighted by atomic mass is 35.5. The highest BCUT2D eigenvalue weighted by Crippen LogP contribution is 2.28. The Morgan fingerprint density at radius 2 is 1.29 bits per heavy atom. The molecule has 0 aromatic heterocycles. The maximum Gasteiger partial charge on any atom is 0.413 e. The monoisotopic (exact) mass is 402 g/mol. The van der Waals surface area contributed by atoms with Crippen molar-refractivity contribution in [1.82, 2.24) is 0 Å². The van der Waals surface area contributed by atoms with Crippen molar-refractivity contribution >= 4 is 55.9 Å². The van der Waals surface area contributed by atoms with E-state index in [1.165, 1.54) is 0 Å². The van der Waals surface area contributed by atoms with E-state index in [0.29, 0.717) is 5.88 Å². The van der Waals surface area contributed by atoms with Crippen LogP contribution in [-0.4, -0.2) is 50.1 Å². The van der Waals surface area contributed by atoms with Crippen LogP contribution in [0.3, 0.4) is 0 Å². The Kier molecular flexibility index (Phi) is 7.10. The molecule has 1 aliphatic rings. The average Bonchev–Trinajstić information content (AvgIpc) is 2.20. The topological polar surface area (TPSA) is 46.2 Å². The van der Waals surface area contributed by atoms with E-state index in [4.69, 9.17) is 32.2 Å². The van der Waals surface area contributed by atoms with Gasteiger partial charge in [-0.1, -0.05) is 0 Å². The van der Waals surface area contributed by atoms with E-state index < -0.39 is 34.2 Å². The van der Waals surface area contributed by atoms with Crippen molar-refractivity contribution in [2.24, 2.45) is 0 Å². The minimum absolute atomic E-state index is 0.0318. The normalized spacial score (nSPS) is 32.6. The zero-order valence-corrected chi connectivity index (χ0v) is 19.8. The van der Waals surface area contributed by atoms with Gasteiger partial charge in [0.15, 0.2) is 0 Å². The molecular weight excluding hydrogens is 376 g/mol. The molecule has 5 nitrogen and oxygen atoms in total. The Balaban J connectivity index is 2.95. The lowest BCUT2D eigenvalue weighted by Gasteiger charge is -2.43. The number of rotatable bonds is 3. The predicted molar refractivity (Wildman–Crippen MR) is 95.4 cm³/mol. The summed E-state index contributed by atoms with van der Waals surface area (Å²) >= 11 is 5.83. The SMILES string of the molecule is C[Si]1(C)O[Si]O[Si](C)(CCCCl)O[Si](C)(C)O[Si](C)(C)O1. The van der Waals surface area contributed by atoms with Gasteiger partial charge in [-0.25, -0.2) is 0 Å². The molecule has 0 aliphatic carbocycles. The quantitative estimate of drug-likeness (QED) is 0.534. The summed E-state index contributed by atoms with van der Waals surface area (Å²) in [4.78, 5) is 0. The number of hydrogen-bond donors (Lipinski definition) is 0. The Labute approximate surface area is 140 Å². The second-order valence-electron chi connectivity index (χ2n) is 6.72. The molecule has 1 unspecified atom stereocenters. The van der Waals surface area contributed by atoms with Crippen LogP contribution in [0.5, 0.6) is 0 Å². The van der Waals surface area contributed by atoms with Crippen LogP contribution in [0.1, 0.15) is 6.42 Å². The zero-order chi connectivity index (χ0) is 16.4. The molecule has 124 valence electrons. The van der Waals surface area contributed by atoms with Gasteiger partial charge in [-0.2, -0.15) is 0 Å². The maximum atomic E-state index is 6.38. The van der Waals surface area contributed by atoms with Crippen LogP contribution in [0.25, 0.3) is 0 Å². The van der Waals surface area contributed by atoms with Crippen LogP contribution in [0, 0.1) is 0 Å². The molecule has 0 aromatic rings. The smallest absolute Gasteiger partial charge is 0.413 e. The lowest BCUT2D eigenvalue weighted by Crippen LogP contribution is -2.60. The molecule has 1 heterocycles. The van der Waals surface area contributed by atoms with E-state index in [0.717, 1.165) is 12.5 Å². The fourth-order valence-corrected chi connectivity index (χ4v) is 22.3. The van der Waals surface area contributed by atoms with Crippen LogP contribution >= 0.6 is 11.6 Å². The van der Waals surface area contributed by atoms with E-state index >= 15 is 0 Å². The van der Waals surface area contributed by atoms with Crippen LogP contribution in [0.2, 0.25) is 51.9 Å².